The van der Waals surface area contributed by atoms with Crippen LogP contribution in [0.25, 0.3) is 0 Å². The zero-order valence-electron chi connectivity index (χ0n) is 7.27. The first-order valence-corrected chi connectivity index (χ1v) is 4.35. The molecule has 1 aliphatic rings. The van der Waals surface area contributed by atoms with Crippen LogP contribution in [0.2, 0.25) is 0 Å². The maximum absolute atomic E-state index is 8.94. The Morgan fingerprint density at radius 2 is 1.69 bits per heavy atom. The monoisotopic (exact) mass is 180 g/mol. The third kappa shape index (κ3) is 1.75. The molecule has 0 spiro atoms. The predicted octanol–water partition coefficient (Wildman–Crippen LogP) is 1.07. The molecule has 13 heavy (non-hydrogen) atoms. The Balaban J connectivity index is 2.17. The Bertz CT molecular complexity index is 258. The minimum Gasteiger partial charge on any atom is -0.489 e. The standard InChI is InChI=1S/C10H12O3/c11-5-8-6-12-9-3-1-2-4-10(9)13-7-8/h1-4,8,11H,5-7H2. The van der Waals surface area contributed by atoms with Gasteiger partial charge in [0.2, 0.25) is 0 Å². The van der Waals surface area contributed by atoms with Gasteiger partial charge in [-0.3, -0.25) is 0 Å². The lowest BCUT2D eigenvalue weighted by Crippen LogP contribution is -2.20. The van der Waals surface area contributed by atoms with Gasteiger partial charge in [0.25, 0.3) is 0 Å². The largest absolute Gasteiger partial charge is 0.489 e. The summed E-state index contributed by atoms with van der Waals surface area (Å²) in [5.41, 5.74) is 0. The Morgan fingerprint density at radius 3 is 2.15 bits per heavy atom. The van der Waals surface area contributed by atoms with Gasteiger partial charge in [0.1, 0.15) is 0 Å². The second-order valence-electron chi connectivity index (χ2n) is 3.12. The first kappa shape index (κ1) is 8.38. The summed E-state index contributed by atoms with van der Waals surface area (Å²) in [5, 5.41) is 8.94. The number of hydrogen-bond donors (Lipinski definition) is 1. The van der Waals surface area contributed by atoms with Gasteiger partial charge in [-0.05, 0) is 12.1 Å². The molecule has 0 amide bonds. The van der Waals surface area contributed by atoms with Crippen LogP contribution in [0.1, 0.15) is 0 Å². The molecule has 0 saturated carbocycles. The van der Waals surface area contributed by atoms with E-state index in [9.17, 15) is 0 Å². The van der Waals surface area contributed by atoms with Crippen molar-refractivity contribution in [3.8, 4) is 11.5 Å². The maximum atomic E-state index is 8.94. The summed E-state index contributed by atoms with van der Waals surface area (Å²) in [6, 6.07) is 7.55. The fraction of sp³-hybridized carbons (Fsp3) is 0.400. The zero-order valence-corrected chi connectivity index (χ0v) is 7.27. The summed E-state index contributed by atoms with van der Waals surface area (Å²) in [4.78, 5) is 0. The molecule has 0 bridgehead atoms. The number of aliphatic hydroxyl groups excluding tert-OH is 1. The van der Waals surface area contributed by atoms with Crippen molar-refractivity contribution in [3.05, 3.63) is 24.3 Å². The van der Waals surface area contributed by atoms with E-state index in [0.29, 0.717) is 13.2 Å². The van der Waals surface area contributed by atoms with Crippen molar-refractivity contribution in [2.45, 2.75) is 0 Å². The zero-order chi connectivity index (χ0) is 9.10. The number of para-hydroxylation sites is 2. The molecule has 1 heterocycles. The van der Waals surface area contributed by atoms with Crippen LogP contribution < -0.4 is 9.47 Å². The molecule has 0 unspecified atom stereocenters. The Hall–Kier alpha value is -1.22. The van der Waals surface area contributed by atoms with Crippen LogP contribution >= 0.6 is 0 Å². The van der Waals surface area contributed by atoms with Gasteiger partial charge < -0.3 is 14.6 Å². The highest BCUT2D eigenvalue weighted by atomic mass is 16.5. The third-order valence-corrected chi connectivity index (χ3v) is 2.06. The van der Waals surface area contributed by atoms with Crippen LogP contribution in [0.4, 0.5) is 0 Å². The average Bonchev–Trinajstić information content (AvgIpc) is 2.39. The molecule has 3 nitrogen and oxygen atoms in total. The second kappa shape index (κ2) is 3.66. The number of rotatable bonds is 1. The van der Waals surface area contributed by atoms with Crippen molar-refractivity contribution in [2.75, 3.05) is 19.8 Å². The van der Waals surface area contributed by atoms with Crippen LogP contribution in [0.5, 0.6) is 11.5 Å². The highest BCUT2D eigenvalue weighted by Crippen LogP contribution is 2.29. The molecule has 0 aliphatic carbocycles. The normalized spacial score (nSPS) is 16.7. The van der Waals surface area contributed by atoms with Crippen molar-refractivity contribution in [1.82, 2.24) is 0 Å². The summed E-state index contributed by atoms with van der Waals surface area (Å²) in [5.74, 6) is 1.60. The minimum absolute atomic E-state index is 0.0763. The number of fused-ring (bicyclic) bond motifs is 1. The number of hydrogen-bond acceptors (Lipinski definition) is 3. The SMILES string of the molecule is OCC1COc2ccccc2OC1. The molecule has 70 valence electrons. The van der Waals surface area contributed by atoms with Gasteiger partial charge in [-0.15, -0.1) is 0 Å². The van der Waals surface area contributed by atoms with E-state index in [0.717, 1.165) is 11.5 Å². The lowest BCUT2D eigenvalue weighted by Gasteiger charge is -2.08. The van der Waals surface area contributed by atoms with Gasteiger partial charge in [0.15, 0.2) is 11.5 Å². The van der Waals surface area contributed by atoms with Gasteiger partial charge in [-0.1, -0.05) is 12.1 Å². The molecule has 0 radical (unpaired) electrons. The fourth-order valence-corrected chi connectivity index (χ4v) is 1.26. The van der Waals surface area contributed by atoms with E-state index < -0.39 is 0 Å². The van der Waals surface area contributed by atoms with Crippen LogP contribution in [0, 0.1) is 5.92 Å². The number of aliphatic hydroxyl groups is 1. The molecule has 0 fully saturated rings. The summed E-state index contributed by atoms with van der Waals surface area (Å²) in [6.45, 7) is 1.15. The summed E-state index contributed by atoms with van der Waals surface area (Å²) < 4.78 is 10.9. The molecule has 3 heteroatoms. The van der Waals surface area contributed by atoms with Gasteiger partial charge in [-0.2, -0.15) is 0 Å². The first-order valence-electron chi connectivity index (χ1n) is 4.35. The van der Waals surface area contributed by atoms with E-state index >= 15 is 0 Å². The molecule has 0 atom stereocenters. The highest BCUT2D eigenvalue weighted by molar-refractivity contribution is 5.39. The average molecular weight is 180 g/mol. The molecular weight excluding hydrogens is 168 g/mol. The summed E-state index contributed by atoms with van der Waals surface area (Å²) in [6.07, 6.45) is 0. The summed E-state index contributed by atoms with van der Waals surface area (Å²) in [7, 11) is 0. The van der Waals surface area contributed by atoms with E-state index in [1.165, 1.54) is 0 Å². The first-order chi connectivity index (χ1) is 6.40. The lowest BCUT2D eigenvalue weighted by molar-refractivity contribution is 0.137. The molecule has 1 aromatic rings. The third-order valence-electron chi connectivity index (χ3n) is 2.06. The molecule has 2 rings (SSSR count). The Kier molecular flexibility index (Phi) is 2.36. The molecule has 1 N–H and O–H groups in total. The van der Waals surface area contributed by atoms with Gasteiger partial charge in [-0.25, -0.2) is 0 Å². The molecule has 1 aromatic carbocycles. The molecular formula is C10H12O3. The van der Waals surface area contributed by atoms with E-state index in [1.54, 1.807) is 0 Å². The second-order valence-corrected chi connectivity index (χ2v) is 3.12. The van der Waals surface area contributed by atoms with Gasteiger partial charge in [0.05, 0.1) is 25.7 Å². The minimum atomic E-state index is 0.0763. The topological polar surface area (TPSA) is 38.7 Å². The van der Waals surface area contributed by atoms with Crippen molar-refractivity contribution in [1.29, 1.82) is 0 Å². The van der Waals surface area contributed by atoms with Crippen LogP contribution in [-0.2, 0) is 0 Å². The lowest BCUT2D eigenvalue weighted by atomic mass is 10.2. The molecule has 0 saturated heterocycles. The summed E-state index contributed by atoms with van der Waals surface area (Å²) >= 11 is 0. The Labute approximate surface area is 76.9 Å². The van der Waals surface area contributed by atoms with E-state index in [-0.39, 0.29) is 12.5 Å². The quantitative estimate of drug-likeness (QED) is 0.702. The predicted molar refractivity (Wildman–Crippen MR) is 48.0 cm³/mol. The highest BCUT2D eigenvalue weighted by Gasteiger charge is 2.16. The van der Waals surface area contributed by atoms with Crippen molar-refractivity contribution in [2.24, 2.45) is 5.92 Å². The van der Waals surface area contributed by atoms with Crippen LogP contribution in [0.3, 0.4) is 0 Å². The number of benzene rings is 1. The van der Waals surface area contributed by atoms with Crippen molar-refractivity contribution >= 4 is 0 Å². The van der Waals surface area contributed by atoms with Crippen LogP contribution in [0.15, 0.2) is 24.3 Å². The fourth-order valence-electron chi connectivity index (χ4n) is 1.26. The van der Waals surface area contributed by atoms with E-state index in [4.69, 9.17) is 14.6 Å². The van der Waals surface area contributed by atoms with Crippen molar-refractivity contribution in [3.63, 3.8) is 0 Å². The van der Waals surface area contributed by atoms with Gasteiger partial charge in [0, 0.05) is 0 Å². The smallest absolute Gasteiger partial charge is 0.161 e. The Morgan fingerprint density at radius 1 is 1.15 bits per heavy atom. The number of ether oxygens (including phenoxy) is 2. The van der Waals surface area contributed by atoms with E-state index in [1.807, 2.05) is 24.3 Å². The van der Waals surface area contributed by atoms with Crippen LogP contribution in [-0.4, -0.2) is 24.9 Å². The molecule has 1 aliphatic heterocycles. The van der Waals surface area contributed by atoms with Crippen molar-refractivity contribution < 1.29 is 14.6 Å². The van der Waals surface area contributed by atoms with Gasteiger partial charge >= 0.3 is 0 Å². The molecule has 0 aromatic heterocycles. The maximum Gasteiger partial charge on any atom is 0.161 e. The van der Waals surface area contributed by atoms with E-state index in [2.05, 4.69) is 0 Å².